The van der Waals surface area contributed by atoms with E-state index in [1.165, 1.54) is 11.6 Å². The number of hydrogen-bond acceptors (Lipinski definition) is 5. The van der Waals surface area contributed by atoms with E-state index >= 15 is 0 Å². The molecule has 4 unspecified atom stereocenters. The molecule has 1 saturated heterocycles. The van der Waals surface area contributed by atoms with E-state index in [4.69, 9.17) is 4.98 Å². The normalized spacial score (nSPS) is 25.7. The van der Waals surface area contributed by atoms with E-state index in [-0.39, 0.29) is 11.9 Å². The van der Waals surface area contributed by atoms with Crippen LogP contribution in [-0.2, 0) is 7.05 Å². The summed E-state index contributed by atoms with van der Waals surface area (Å²) in [6.45, 7) is 0. The molecule has 158 valence electrons. The van der Waals surface area contributed by atoms with Gasteiger partial charge >= 0.3 is 0 Å². The number of rotatable bonds is 3. The first-order valence-corrected chi connectivity index (χ1v) is 10.8. The third kappa shape index (κ3) is 3.23. The van der Waals surface area contributed by atoms with Gasteiger partial charge in [-0.1, -0.05) is 12.1 Å². The number of halogens is 1. The highest BCUT2D eigenvalue weighted by atomic mass is 19.1. The molecule has 8 heteroatoms. The molecule has 3 N–H and O–H groups in total. The van der Waals surface area contributed by atoms with Crippen molar-refractivity contribution in [1.29, 1.82) is 0 Å². The van der Waals surface area contributed by atoms with Gasteiger partial charge in [0.25, 0.3) is 0 Å². The van der Waals surface area contributed by atoms with E-state index in [1.54, 1.807) is 18.3 Å². The smallest absolute Gasteiger partial charge is 0.178 e. The van der Waals surface area contributed by atoms with Gasteiger partial charge in [-0.25, -0.2) is 19.8 Å². The van der Waals surface area contributed by atoms with Crippen molar-refractivity contribution in [2.45, 2.75) is 37.3 Å². The first-order chi connectivity index (χ1) is 15.2. The Kier molecular flexibility index (Phi) is 4.36. The number of hydrazine groups is 1. The molecule has 7 nitrogen and oxygen atoms in total. The van der Waals surface area contributed by atoms with Crippen LogP contribution in [0.4, 0.5) is 4.39 Å². The molecule has 3 aromatic heterocycles. The highest BCUT2D eigenvalue weighted by Gasteiger charge is 2.42. The van der Waals surface area contributed by atoms with Gasteiger partial charge in [0.15, 0.2) is 5.65 Å². The molecule has 2 fully saturated rings. The predicted molar refractivity (Wildman–Crippen MR) is 115 cm³/mol. The molecule has 1 aliphatic heterocycles. The van der Waals surface area contributed by atoms with Crippen LogP contribution >= 0.6 is 0 Å². The van der Waals surface area contributed by atoms with E-state index in [2.05, 4.69) is 32.1 Å². The average Bonchev–Trinajstić information content (AvgIpc) is 3.50. The fourth-order valence-electron chi connectivity index (χ4n) is 5.25. The number of aromatic amines is 1. The lowest BCUT2D eigenvalue weighted by Gasteiger charge is -2.32. The second-order valence-electron chi connectivity index (χ2n) is 8.68. The zero-order chi connectivity index (χ0) is 20.9. The van der Waals surface area contributed by atoms with E-state index < -0.39 is 0 Å². The van der Waals surface area contributed by atoms with Crippen molar-refractivity contribution < 1.29 is 4.39 Å². The van der Waals surface area contributed by atoms with Crippen molar-refractivity contribution in [2.75, 3.05) is 0 Å². The van der Waals surface area contributed by atoms with Crippen LogP contribution in [-0.4, -0.2) is 30.8 Å². The second kappa shape index (κ2) is 7.25. The maximum Gasteiger partial charge on any atom is 0.178 e. The van der Waals surface area contributed by atoms with Gasteiger partial charge in [-0.2, -0.15) is 5.10 Å². The Hall–Kier alpha value is -3.10. The molecular weight excluding hydrogens is 393 g/mol. The highest BCUT2D eigenvalue weighted by Crippen LogP contribution is 2.43. The minimum atomic E-state index is -0.254. The number of nitrogens with one attached hydrogen (secondary N) is 3. The molecule has 1 saturated carbocycles. The van der Waals surface area contributed by atoms with Crippen LogP contribution in [0.25, 0.3) is 22.3 Å². The molecule has 6 rings (SSSR count). The number of aromatic nitrogens is 5. The van der Waals surface area contributed by atoms with Gasteiger partial charge in [-0.15, -0.1) is 0 Å². The topological polar surface area (TPSA) is 83.5 Å². The Balaban J connectivity index is 1.34. The van der Waals surface area contributed by atoms with Crippen LogP contribution in [0.5, 0.6) is 0 Å². The van der Waals surface area contributed by atoms with Gasteiger partial charge in [0, 0.05) is 31.0 Å². The summed E-state index contributed by atoms with van der Waals surface area (Å²) in [5.41, 5.74) is 11.5. The number of hydrogen-bond donors (Lipinski definition) is 3. The summed E-state index contributed by atoms with van der Waals surface area (Å²) in [6, 6.07) is 9.02. The number of benzene rings is 1. The molecule has 1 aliphatic carbocycles. The van der Waals surface area contributed by atoms with Crippen molar-refractivity contribution in [1.82, 2.24) is 35.6 Å². The first-order valence-electron chi connectivity index (χ1n) is 10.8. The first kappa shape index (κ1) is 18.7. The van der Waals surface area contributed by atoms with Crippen LogP contribution in [0.15, 0.2) is 48.9 Å². The van der Waals surface area contributed by atoms with Crippen molar-refractivity contribution in [3.63, 3.8) is 0 Å². The number of H-pyrrole nitrogens is 1. The number of fused-ring (bicyclic) bond motifs is 2. The third-order valence-electron chi connectivity index (χ3n) is 6.79. The second-order valence-corrected chi connectivity index (χ2v) is 8.68. The quantitative estimate of drug-likeness (QED) is 0.474. The molecule has 0 spiro atoms. The largest absolute Gasteiger partial charge is 0.339 e. The zero-order valence-corrected chi connectivity index (χ0v) is 17.2. The van der Waals surface area contributed by atoms with E-state index in [1.807, 2.05) is 30.1 Å². The van der Waals surface area contributed by atoms with Gasteiger partial charge in [-0.05, 0) is 60.4 Å². The Morgan fingerprint density at radius 3 is 2.94 bits per heavy atom. The highest BCUT2D eigenvalue weighted by molar-refractivity contribution is 5.89. The molecular formula is C23H24FN7. The molecule has 0 radical (unpaired) electrons. The Morgan fingerprint density at radius 1 is 1.16 bits per heavy atom. The van der Waals surface area contributed by atoms with Gasteiger partial charge in [0.2, 0.25) is 0 Å². The van der Waals surface area contributed by atoms with Gasteiger partial charge in [0.05, 0.1) is 17.8 Å². The number of imidazole rings is 1. The predicted octanol–water partition coefficient (Wildman–Crippen LogP) is 3.60. The Bertz CT molecular complexity index is 1250. The average molecular weight is 417 g/mol. The van der Waals surface area contributed by atoms with Crippen LogP contribution in [0.3, 0.4) is 0 Å². The SMILES string of the molecule is Cn1cc(C2CCC3NNC(c4nc5nccc(-c6cccc(F)c6)c5[nH]4)C3C2)cn1. The molecule has 2 aliphatic rings. The van der Waals surface area contributed by atoms with E-state index in [0.29, 0.717) is 23.5 Å². The lowest BCUT2D eigenvalue weighted by molar-refractivity contribution is 0.275. The fourth-order valence-corrected chi connectivity index (χ4v) is 5.25. The Labute approximate surface area is 179 Å². The number of pyridine rings is 1. The molecule has 0 bridgehead atoms. The van der Waals surface area contributed by atoms with Gasteiger partial charge in [0.1, 0.15) is 11.6 Å². The van der Waals surface area contributed by atoms with Crippen LogP contribution in [0, 0.1) is 11.7 Å². The van der Waals surface area contributed by atoms with Crippen molar-refractivity contribution in [3.8, 4) is 11.1 Å². The standard InChI is InChI=1S/C23H24FN7/c1-31-12-15(11-26-31)13-5-6-19-18(10-13)21(30-29-19)23-27-20-17(7-8-25-22(20)28-23)14-3-2-4-16(24)9-14/h2-4,7-9,11-13,18-19,21,29-30H,5-6,10H2,1H3,(H,25,27,28). The fraction of sp³-hybridized carbons (Fsp3) is 0.348. The maximum atomic E-state index is 13.8. The zero-order valence-electron chi connectivity index (χ0n) is 17.2. The summed E-state index contributed by atoms with van der Waals surface area (Å²) in [6.07, 6.45) is 9.19. The van der Waals surface area contributed by atoms with Gasteiger partial charge in [-0.3, -0.25) is 10.1 Å². The lowest BCUT2D eigenvalue weighted by atomic mass is 9.74. The summed E-state index contributed by atoms with van der Waals surface area (Å²) in [5.74, 6) is 1.54. The molecule has 31 heavy (non-hydrogen) atoms. The van der Waals surface area contributed by atoms with Crippen LogP contribution < -0.4 is 10.9 Å². The van der Waals surface area contributed by atoms with E-state index in [9.17, 15) is 4.39 Å². The van der Waals surface area contributed by atoms with Crippen molar-refractivity contribution in [2.24, 2.45) is 13.0 Å². The van der Waals surface area contributed by atoms with E-state index in [0.717, 1.165) is 41.7 Å². The van der Waals surface area contributed by atoms with Gasteiger partial charge < -0.3 is 4.98 Å². The molecule has 4 heterocycles. The monoisotopic (exact) mass is 417 g/mol. The summed E-state index contributed by atoms with van der Waals surface area (Å²) < 4.78 is 15.7. The molecule has 4 atom stereocenters. The molecule has 4 aromatic rings. The summed E-state index contributed by atoms with van der Waals surface area (Å²) in [4.78, 5) is 12.8. The number of aryl methyl sites for hydroxylation is 1. The molecule has 1 aromatic carbocycles. The summed E-state index contributed by atoms with van der Waals surface area (Å²) in [5, 5.41) is 4.36. The molecule has 0 amide bonds. The summed E-state index contributed by atoms with van der Waals surface area (Å²) in [7, 11) is 1.97. The van der Waals surface area contributed by atoms with Crippen molar-refractivity contribution in [3.05, 3.63) is 66.1 Å². The summed E-state index contributed by atoms with van der Waals surface area (Å²) >= 11 is 0. The Morgan fingerprint density at radius 2 is 2.10 bits per heavy atom. The van der Waals surface area contributed by atoms with Crippen LogP contribution in [0.2, 0.25) is 0 Å². The lowest BCUT2D eigenvalue weighted by Crippen LogP contribution is -2.34. The van der Waals surface area contributed by atoms with Crippen LogP contribution in [0.1, 0.15) is 42.6 Å². The minimum Gasteiger partial charge on any atom is -0.339 e. The maximum absolute atomic E-state index is 13.8. The minimum absolute atomic E-state index is 0.0685. The van der Waals surface area contributed by atoms with Crippen molar-refractivity contribution >= 4 is 11.2 Å². The number of nitrogens with zero attached hydrogens (tertiary/aromatic N) is 4. The third-order valence-corrected chi connectivity index (χ3v) is 6.79.